The van der Waals surface area contributed by atoms with Crippen molar-refractivity contribution >= 4 is 38.8 Å². The summed E-state index contributed by atoms with van der Waals surface area (Å²) in [6, 6.07) is 7.61. The van der Waals surface area contributed by atoms with Crippen LogP contribution in [0, 0.1) is 6.92 Å². The second-order valence-corrected chi connectivity index (χ2v) is 7.22. The number of benzene rings is 1. The molecule has 0 saturated carbocycles. The first kappa shape index (κ1) is 17.7. The minimum absolute atomic E-state index is 0.253. The van der Waals surface area contributed by atoms with Gasteiger partial charge in [-0.15, -0.1) is 11.3 Å². The maximum Gasteiger partial charge on any atom is 0.284 e. The number of hydrogen-bond donors (Lipinski definition) is 1. The number of amides is 1. The van der Waals surface area contributed by atoms with Crippen molar-refractivity contribution < 1.29 is 14.3 Å². The van der Waals surface area contributed by atoms with Gasteiger partial charge in [0.15, 0.2) is 5.01 Å². The highest BCUT2D eigenvalue weighted by Crippen LogP contribution is 2.38. The van der Waals surface area contributed by atoms with E-state index in [-0.39, 0.29) is 5.91 Å². The van der Waals surface area contributed by atoms with Gasteiger partial charge in [-0.1, -0.05) is 0 Å². The number of ether oxygens (including phenoxy) is 2. The van der Waals surface area contributed by atoms with Gasteiger partial charge in [0.05, 0.1) is 42.6 Å². The maximum atomic E-state index is 12.7. The van der Waals surface area contributed by atoms with Crippen LogP contribution in [0.5, 0.6) is 5.75 Å². The molecule has 1 fully saturated rings. The van der Waals surface area contributed by atoms with Crippen LogP contribution in [0.25, 0.3) is 10.2 Å². The van der Waals surface area contributed by atoms with Gasteiger partial charge < -0.3 is 19.7 Å². The monoisotopic (exact) mass is 384 g/mol. The van der Waals surface area contributed by atoms with Gasteiger partial charge >= 0.3 is 0 Å². The molecule has 0 spiro atoms. The first-order chi connectivity index (χ1) is 13.2. The second kappa shape index (κ2) is 7.50. The molecule has 1 aliphatic heterocycles. The van der Waals surface area contributed by atoms with E-state index in [1.54, 1.807) is 13.3 Å². The van der Waals surface area contributed by atoms with Gasteiger partial charge in [-0.3, -0.25) is 9.78 Å². The lowest BCUT2D eigenvalue weighted by atomic mass is 10.2. The smallest absolute Gasteiger partial charge is 0.284 e. The van der Waals surface area contributed by atoms with Crippen LogP contribution in [0.4, 0.5) is 11.4 Å². The van der Waals surface area contributed by atoms with Crippen LogP contribution < -0.4 is 15.0 Å². The van der Waals surface area contributed by atoms with Crippen molar-refractivity contribution in [2.24, 2.45) is 0 Å². The third-order valence-corrected chi connectivity index (χ3v) is 5.50. The minimum atomic E-state index is -0.253. The fourth-order valence-corrected chi connectivity index (χ4v) is 4.03. The van der Waals surface area contributed by atoms with E-state index in [9.17, 15) is 4.79 Å². The third kappa shape index (κ3) is 3.58. The van der Waals surface area contributed by atoms with Gasteiger partial charge in [-0.25, -0.2) is 4.98 Å². The Morgan fingerprint density at radius 2 is 2.07 bits per heavy atom. The van der Waals surface area contributed by atoms with Gasteiger partial charge in [-0.05, 0) is 31.2 Å². The molecule has 27 heavy (non-hydrogen) atoms. The topological polar surface area (TPSA) is 76.6 Å². The van der Waals surface area contributed by atoms with Crippen molar-refractivity contribution in [1.29, 1.82) is 0 Å². The Morgan fingerprint density at radius 1 is 1.26 bits per heavy atom. The second-order valence-electron chi connectivity index (χ2n) is 6.23. The summed E-state index contributed by atoms with van der Waals surface area (Å²) < 4.78 is 11.8. The van der Waals surface area contributed by atoms with E-state index >= 15 is 0 Å². The number of carbonyl (C=O) groups is 1. The zero-order valence-corrected chi connectivity index (χ0v) is 16.0. The molecule has 3 aromatic rings. The highest BCUT2D eigenvalue weighted by molar-refractivity contribution is 7.21. The zero-order chi connectivity index (χ0) is 18.8. The molecule has 0 unspecified atom stereocenters. The summed E-state index contributed by atoms with van der Waals surface area (Å²) in [6.07, 6.45) is 1.64. The average Bonchev–Trinajstić information content (AvgIpc) is 3.15. The Hall–Kier alpha value is -2.71. The Bertz CT molecular complexity index is 965. The summed E-state index contributed by atoms with van der Waals surface area (Å²) in [5, 5.41) is 3.25. The Morgan fingerprint density at radius 3 is 2.78 bits per heavy atom. The molecule has 1 N–H and O–H groups in total. The molecule has 0 aliphatic carbocycles. The van der Waals surface area contributed by atoms with Crippen molar-refractivity contribution in [2.75, 3.05) is 43.6 Å². The first-order valence-corrected chi connectivity index (χ1v) is 9.51. The molecule has 0 radical (unpaired) electrons. The van der Waals surface area contributed by atoms with Crippen molar-refractivity contribution in [2.45, 2.75) is 6.92 Å². The molecule has 0 bridgehead atoms. The summed E-state index contributed by atoms with van der Waals surface area (Å²) >= 11 is 1.37. The predicted octanol–water partition coefficient (Wildman–Crippen LogP) is 3.10. The average molecular weight is 384 g/mol. The number of fused-ring (bicyclic) bond motifs is 1. The SMILES string of the molecule is COc1ccc(N2CCOCC2)c2sc(C(=O)Nc3ccc(C)nc3)nc12. The zero-order valence-electron chi connectivity index (χ0n) is 15.2. The van der Waals surface area contributed by atoms with E-state index < -0.39 is 0 Å². The number of carbonyl (C=O) groups excluding carboxylic acids is 1. The number of methoxy groups -OCH3 is 1. The summed E-state index contributed by atoms with van der Waals surface area (Å²) in [7, 11) is 1.61. The summed E-state index contributed by atoms with van der Waals surface area (Å²) in [4.78, 5) is 23.7. The number of thiazole rings is 1. The highest BCUT2D eigenvalue weighted by Gasteiger charge is 2.21. The molecule has 1 amide bonds. The Balaban J connectivity index is 1.69. The summed E-state index contributed by atoms with van der Waals surface area (Å²) in [5.74, 6) is 0.408. The molecule has 8 heteroatoms. The Labute approximate surface area is 160 Å². The minimum Gasteiger partial charge on any atom is -0.494 e. The molecular formula is C19H20N4O3S. The molecule has 1 aromatic carbocycles. The van der Waals surface area contributed by atoms with Crippen LogP contribution in [0.3, 0.4) is 0 Å². The number of pyridine rings is 1. The van der Waals surface area contributed by atoms with E-state index in [2.05, 4.69) is 20.2 Å². The fraction of sp³-hybridized carbons (Fsp3) is 0.316. The van der Waals surface area contributed by atoms with Crippen LogP contribution in [0.15, 0.2) is 30.5 Å². The van der Waals surface area contributed by atoms with E-state index in [4.69, 9.17) is 9.47 Å². The molecule has 3 heterocycles. The van der Waals surface area contributed by atoms with Crippen molar-refractivity contribution in [3.05, 3.63) is 41.2 Å². The van der Waals surface area contributed by atoms with Crippen molar-refractivity contribution in [3.8, 4) is 5.75 Å². The Kier molecular flexibility index (Phi) is 4.91. The highest BCUT2D eigenvalue weighted by atomic mass is 32.1. The van der Waals surface area contributed by atoms with Gasteiger partial charge in [-0.2, -0.15) is 0 Å². The lowest BCUT2D eigenvalue weighted by molar-refractivity contribution is 0.102. The van der Waals surface area contributed by atoms with Gasteiger partial charge in [0, 0.05) is 18.8 Å². The van der Waals surface area contributed by atoms with Gasteiger partial charge in [0.1, 0.15) is 11.3 Å². The molecule has 1 saturated heterocycles. The lowest BCUT2D eigenvalue weighted by Crippen LogP contribution is -2.36. The number of rotatable bonds is 4. The fourth-order valence-electron chi connectivity index (χ4n) is 3.01. The van der Waals surface area contributed by atoms with Crippen molar-refractivity contribution in [1.82, 2.24) is 9.97 Å². The predicted molar refractivity (Wildman–Crippen MR) is 106 cm³/mol. The lowest BCUT2D eigenvalue weighted by Gasteiger charge is -2.29. The first-order valence-electron chi connectivity index (χ1n) is 8.70. The quantitative estimate of drug-likeness (QED) is 0.745. The molecule has 7 nitrogen and oxygen atoms in total. The number of anilines is 2. The van der Waals surface area contributed by atoms with E-state index in [0.717, 1.165) is 29.2 Å². The number of nitrogens with one attached hydrogen (secondary N) is 1. The number of hydrogen-bond acceptors (Lipinski definition) is 7. The summed E-state index contributed by atoms with van der Waals surface area (Å²) in [6.45, 7) is 4.92. The number of morpholine rings is 1. The standard InChI is InChI=1S/C19H20N4O3S/c1-12-3-4-13(11-20-12)21-18(24)19-22-16-15(25-2)6-5-14(17(16)27-19)23-7-9-26-10-8-23/h3-6,11H,7-10H2,1-2H3,(H,21,24). The maximum absolute atomic E-state index is 12.7. The van der Waals surface area contributed by atoms with Crippen LogP contribution in [0.1, 0.15) is 15.5 Å². The van der Waals surface area contributed by atoms with Gasteiger partial charge in [0.2, 0.25) is 0 Å². The molecule has 0 atom stereocenters. The van der Waals surface area contributed by atoms with Crippen LogP contribution in [-0.2, 0) is 4.74 Å². The third-order valence-electron chi connectivity index (χ3n) is 4.42. The normalized spacial score (nSPS) is 14.4. The molecule has 4 rings (SSSR count). The van der Waals surface area contributed by atoms with Gasteiger partial charge in [0.25, 0.3) is 5.91 Å². The number of nitrogens with zero attached hydrogens (tertiary/aromatic N) is 3. The molecule has 2 aromatic heterocycles. The van der Waals surface area contributed by atoms with E-state index in [1.165, 1.54) is 11.3 Å². The van der Waals surface area contributed by atoms with Crippen LogP contribution in [-0.4, -0.2) is 49.3 Å². The van der Waals surface area contributed by atoms with E-state index in [1.807, 2.05) is 31.2 Å². The van der Waals surface area contributed by atoms with E-state index in [0.29, 0.717) is 35.2 Å². The van der Waals surface area contributed by atoms with Crippen molar-refractivity contribution in [3.63, 3.8) is 0 Å². The largest absolute Gasteiger partial charge is 0.494 e. The number of aryl methyl sites for hydroxylation is 1. The number of aromatic nitrogens is 2. The van der Waals surface area contributed by atoms with Crippen LogP contribution in [0.2, 0.25) is 0 Å². The molecule has 140 valence electrons. The molecular weight excluding hydrogens is 364 g/mol. The van der Waals surface area contributed by atoms with Crippen LogP contribution >= 0.6 is 11.3 Å². The molecule has 1 aliphatic rings. The summed E-state index contributed by atoms with van der Waals surface area (Å²) in [5.41, 5.74) is 3.31.